The van der Waals surface area contributed by atoms with Gasteiger partial charge < -0.3 is 15.2 Å². The van der Waals surface area contributed by atoms with Crippen molar-refractivity contribution >= 4 is 0 Å². The van der Waals surface area contributed by atoms with E-state index in [1.54, 1.807) is 0 Å². The molecule has 1 aliphatic heterocycles. The predicted molar refractivity (Wildman–Crippen MR) is 84.0 cm³/mol. The van der Waals surface area contributed by atoms with Gasteiger partial charge in [0.25, 0.3) is 0 Å². The molecule has 0 amide bonds. The number of aliphatic hydroxyl groups is 1. The Labute approximate surface area is 124 Å². The molecule has 1 aliphatic rings. The lowest BCUT2D eigenvalue weighted by atomic mass is 9.91. The van der Waals surface area contributed by atoms with Crippen LogP contribution in [-0.2, 0) is 4.74 Å². The summed E-state index contributed by atoms with van der Waals surface area (Å²) in [6, 6.07) is 0. The summed E-state index contributed by atoms with van der Waals surface area (Å²) in [4.78, 5) is 2.43. The van der Waals surface area contributed by atoms with Gasteiger partial charge >= 0.3 is 0 Å². The lowest BCUT2D eigenvalue weighted by Crippen LogP contribution is -2.56. The van der Waals surface area contributed by atoms with Crippen LogP contribution >= 0.6 is 0 Å². The van der Waals surface area contributed by atoms with Crippen LogP contribution in [0, 0.1) is 11.3 Å². The smallest absolute Gasteiger partial charge is 0.0940 e. The van der Waals surface area contributed by atoms with Gasteiger partial charge in [-0.3, -0.25) is 4.90 Å². The number of hydrogen-bond donors (Lipinski definition) is 2. The van der Waals surface area contributed by atoms with Crippen molar-refractivity contribution in [1.82, 2.24) is 10.2 Å². The first-order valence-electron chi connectivity index (χ1n) is 7.85. The van der Waals surface area contributed by atoms with Gasteiger partial charge in [0.15, 0.2) is 0 Å². The second kappa shape index (κ2) is 7.21. The molecule has 4 heteroatoms. The first-order chi connectivity index (χ1) is 9.13. The summed E-state index contributed by atoms with van der Waals surface area (Å²) >= 11 is 0. The van der Waals surface area contributed by atoms with Gasteiger partial charge in [0.05, 0.1) is 18.3 Å². The Hall–Kier alpha value is -0.160. The second-order valence-corrected chi connectivity index (χ2v) is 8.04. The van der Waals surface area contributed by atoms with Crippen molar-refractivity contribution in [3.63, 3.8) is 0 Å². The van der Waals surface area contributed by atoms with Crippen LogP contribution in [-0.4, -0.2) is 61.0 Å². The predicted octanol–water partition coefficient (Wildman–Crippen LogP) is 1.73. The van der Waals surface area contributed by atoms with Crippen molar-refractivity contribution in [3.8, 4) is 0 Å². The molecule has 1 unspecified atom stereocenters. The monoisotopic (exact) mass is 286 g/mol. The Kier molecular flexibility index (Phi) is 6.45. The molecule has 4 nitrogen and oxygen atoms in total. The molecule has 0 bridgehead atoms. The topological polar surface area (TPSA) is 44.7 Å². The van der Waals surface area contributed by atoms with Crippen molar-refractivity contribution in [3.05, 3.63) is 0 Å². The number of morpholine rings is 1. The molecule has 1 fully saturated rings. The lowest BCUT2D eigenvalue weighted by Gasteiger charge is -2.45. The van der Waals surface area contributed by atoms with E-state index in [0.29, 0.717) is 5.92 Å². The van der Waals surface area contributed by atoms with Gasteiger partial charge in [-0.05, 0) is 31.7 Å². The molecule has 0 aliphatic carbocycles. The molecule has 0 aromatic carbocycles. The molecule has 2 N–H and O–H groups in total. The normalized spacial score (nSPS) is 24.3. The fourth-order valence-electron chi connectivity index (χ4n) is 2.99. The minimum atomic E-state index is -0.174. The van der Waals surface area contributed by atoms with Crippen LogP contribution in [0.3, 0.4) is 0 Å². The molecule has 0 radical (unpaired) electrons. The van der Waals surface area contributed by atoms with Gasteiger partial charge in [-0.15, -0.1) is 0 Å². The van der Waals surface area contributed by atoms with E-state index in [4.69, 9.17) is 4.74 Å². The maximum Gasteiger partial charge on any atom is 0.0940 e. The van der Waals surface area contributed by atoms with Crippen molar-refractivity contribution in [2.24, 2.45) is 11.3 Å². The SMILES string of the molecule is CC(C)CNCC(C)(C)CN1CC(CO)OC(C)(C)C1. The van der Waals surface area contributed by atoms with Crippen molar-refractivity contribution in [2.45, 2.75) is 53.2 Å². The average molecular weight is 286 g/mol. The molecular formula is C16H34N2O2. The summed E-state index contributed by atoms with van der Waals surface area (Å²) < 4.78 is 5.87. The van der Waals surface area contributed by atoms with Crippen LogP contribution in [0.2, 0.25) is 0 Å². The second-order valence-electron chi connectivity index (χ2n) is 8.04. The quantitative estimate of drug-likeness (QED) is 0.748. The van der Waals surface area contributed by atoms with Crippen LogP contribution in [0.15, 0.2) is 0 Å². The fourth-order valence-corrected chi connectivity index (χ4v) is 2.99. The first kappa shape index (κ1) is 17.9. The fraction of sp³-hybridized carbons (Fsp3) is 1.00. The number of rotatable bonds is 7. The third-order valence-electron chi connectivity index (χ3n) is 3.56. The number of aliphatic hydroxyl groups excluding tert-OH is 1. The highest BCUT2D eigenvalue weighted by molar-refractivity contribution is 4.87. The summed E-state index contributed by atoms with van der Waals surface area (Å²) in [5.41, 5.74) is 0.0510. The Bertz CT molecular complexity index is 290. The molecule has 1 atom stereocenters. The van der Waals surface area contributed by atoms with E-state index in [9.17, 15) is 5.11 Å². The summed E-state index contributed by atoms with van der Waals surface area (Å²) in [6.45, 7) is 18.2. The van der Waals surface area contributed by atoms with E-state index in [-0.39, 0.29) is 23.7 Å². The van der Waals surface area contributed by atoms with Gasteiger partial charge in [0.1, 0.15) is 0 Å². The average Bonchev–Trinajstić information content (AvgIpc) is 2.24. The van der Waals surface area contributed by atoms with Crippen LogP contribution in [0.5, 0.6) is 0 Å². The third-order valence-corrected chi connectivity index (χ3v) is 3.56. The van der Waals surface area contributed by atoms with Gasteiger partial charge in [-0.25, -0.2) is 0 Å². The standard InChI is InChI=1S/C16H34N2O2/c1-13(2)7-17-10-15(3,4)11-18-8-14(9-19)20-16(5,6)12-18/h13-14,17,19H,7-12H2,1-6H3. The molecular weight excluding hydrogens is 252 g/mol. The molecule has 0 spiro atoms. The van der Waals surface area contributed by atoms with E-state index < -0.39 is 0 Å². The van der Waals surface area contributed by atoms with E-state index in [2.05, 4.69) is 51.8 Å². The summed E-state index contributed by atoms with van der Waals surface area (Å²) in [5, 5.41) is 12.9. The number of nitrogens with one attached hydrogen (secondary N) is 1. The number of hydrogen-bond acceptors (Lipinski definition) is 4. The van der Waals surface area contributed by atoms with E-state index >= 15 is 0 Å². The molecule has 0 aromatic rings. The van der Waals surface area contributed by atoms with E-state index in [1.165, 1.54) is 0 Å². The maximum atomic E-state index is 9.38. The van der Waals surface area contributed by atoms with Gasteiger partial charge in [-0.2, -0.15) is 0 Å². The highest BCUT2D eigenvalue weighted by atomic mass is 16.5. The minimum absolute atomic E-state index is 0.0572. The van der Waals surface area contributed by atoms with Crippen molar-refractivity contribution in [2.75, 3.05) is 39.3 Å². The lowest BCUT2D eigenvalue weighted by molar-refractivity contribution is -0.153. The number of nitrogens with zero attached hydrogens (tertiary/aromatic N) is 1. The molecule has 0 aromatic heterocycles. The molecule has 1 saturated heterocycles. The van der Waals surface area contributed by atoms with Gasteiger partial charge in [0.2, 0.25) is 0 Å². The first-order valence-corrected chi connectivity index (χ1v) is 7.85. The molecule has 120 valence electrons. The zero-order valence-electron chi connectivity index (χ0n) is 14.2. The van der Waals surface area contributed by atoms with Crippen molar-refractivity contribution < 1.29 is 9.84 Å². The van der Waals surface area contributed by atoms with Crippen molar-refractivity contribution in [1.29, 1.82) is 0 Å². The Morgan fingerprint density at radius 2 is 2.05 bits per heavy atom. The zero-order chi connectivity index (χ0) is 15.4. The largest absolute Gasteiger partial charge is 0.394 e. The zero-order valence-corrected chi connectivity index (χ0v) is 14.2. The van der Waals surface area contributed by atoms with Crippen LogP contribution in [0.1, 0.15) is 41.5 Å². The van der Waals surface area contributed by atoms with E-state index in [1.807, 2.05) is 0 Å². The third kappa shape index (κ3) is 6.53. The van der Waals surface area contributed by atoms with Crippen LogP contribution in [0.4, 0.5) is 0 Å². The highest BCUT2D eigenvalue weighted by Gasteiger charge is 2.35. The number of ether oxygens (including phenoxy) is 1. The van der Waals surface area contributed by atoms with Gasteiger partial charge in [0, 0.05) is 26.2 Å². The Morgan fingerprint density at radius 1 is 1.40 bits per heavy atom. The van der Waals surface area contributed by atoms with Gasteiger partial charge in [-0.1, -0.05) is 27.7 Å². The summed E-state index contributed by atoms with van der Waals surface area (Å²) in [6.07, 6.45) is -0.0572. The van der Waals surface area contributed by atoms with E-state index in [0.717, 1.165) is 32.7 Å². The Morgan fingerprint density at radius 3 is 2.60 bits per heavy atom. The van der Waals surface area contributed by atoms with Crippen LogP contribution in [0.25, 0.3) is 0 Å². The molecule has 1 rings (SSSR count). The summed E-state index contributed by atoms with van der Waals surface area (Å²) in [5.74, 6) is 0.687. The molecule has 0 saturated carbocycles. The Balaban J connectivity index is 2.48. The van der Waals surface area contributed by atoms with Crippen LogP contribution < -0.4 is 5.32 Å². The minimum Gasteiger partial charge on any atom is -0.394 e. The highest BCUT2D eigenvalue weighted by Crippen LogP contribution is 2.24. The maximum absolute atomic E-state index is 9.38. The molecule has 1 heterocycles. The molecule has 20 heavy (non-hydrogen) atoms. The summed E-state index contributed by atoms with van der Waals surface area (Å²) in [7, 11) is 0.